The highest BCUT2D eigenvalue weighted by Gasteiger charge is 2.64. The third kappa shape index (κ3) is 2.71. The summed E-state index contributed by atoms with van der Waals surface area (Å²) in [7, 11) is 0. The predicted molar refractivity (Wildman–Crippen MR) is 91.9 cm³/mol. The van der Waals surface area contributed by atoms with Crippen molar-refractivity contribution in [3.05, 3.63) is 12.7 Å². The molecule has 10 nitrogen and oxygen atoms in total. The van der Waals surface area contributed by atoms with Gasteiger partial charge in [-0.3, -0.25) is 9.36 Å². The van der Waals surface area contributed by atoms with Crippen molar-refractivity contribution in [1.29, 1.82) is 0 Å². The highest BCUT2D eigenvalue weighted by atomic mass is 16.8. The van der Waals surface area contributed by atoms with E-state index in [1.54, 1.807) is 18.4 Å². The van der Waals surface area contributed by atoms with Gasteiger partial charge in [0.2, 0.25) is 0 Å². The van der Waals surface area contributed by atoms with Crippen molar-refractivity contribution in [3.8, 4) is 12.3 Å². The van der Waals surface area contributed by atoms with Gasteiger partial charge in [0.15, 0.2) is 29.1 Å². The van der Waals surface area contributed by atoms with Gasteiger partial charge < -0.3 is 24.7 Å². The van der Waals surface area contributed by atoms with E-state index in [-0.39, 0.29) is 12.4 Å². The van der Waals surface area contributed by atoms with E-state index in [0.29, 0.717) is 11.2 Å². The Morgan fingerprint density at radius 2 is 2.15 bits per heavy atom. The molecule has 0 bridgehead atoms. The molecule has 27 heavy (non-hydrogen) atoms. The van der Waals surface area contributed by atoms with Crippen molar-refractivity contribution in [2.45, 2.75) is 50.6 Å². The van der Waals surface area contributed by atoms with E-state index >= 15 is 0 Å². The van der Waals surface area contributed by atoms with Gasteiger partial charge in [-0.15, -0.1) is 6.42 Å². The molecule has 10 heteroatoms. The number of carbonyl (C=O) groups is 1. The average molecular weight is 373 g/mol. The molecule has 2 aliphatic heterocycles. The quantitative estimate of drug-likeness (QED) is 0.601. The van der Waals surface area contributed by atoms with E-state index in [4.69, 9.17) is 31.1 Å². The number of ether oxygens (including phenoxy) is 4. The number of nitrogens with two attached hydrogens (primary N) is 1. The summed E-state index contributed by atoms with van der Waals surface area (Å²) in [5, 5.41) is 0. The number of nitrogens with zero attached hydrogens (tertiary/aromatic N) is 4. The molecule has 0 spiro atoms. The predicted octanol–water partition coefficient (Wildman–Crippen LogP) is 0.392. The second-order valence-corrected chi connectivity index (χ2v) is 6.93. The first-order valence-electron chi connectivity index (χ1n) is 8.34. The Labute approximate surface area is 155 Å². The van der Waals surface area contributed by atoms with Crippen molar-refractivity contribution in [2.24, 2.45) is 0 Å². The Balaban J connectivity index is 1.78. The zero-order valence-electron chi connectivity index (χ0n) is 15.1. The molecule has 2 N–H and O–H groups in total. The number of imidazole rings is 1. The smallest absolute Gasteiger partial charge is 0.302 e. The Hall–Kier alpha value is -2.74. The lowest BCUT2D eigenvalue weighted by Crippen LogP contribution is -2.46. The molecule has 0 amide bonds. The van der Waals surface area contributed by atoms with Crippen LogP contribution in [0.25, 0.3) is 11.2 Å². The number of carbonyl (C=O) groups excluding carboxylic acids is 1. The molecule has 2 saturated heterocycles. The summed E-state index contributed by atoms with van der Waals surface area (Å²) in [5.41, 5.74) is 5.46. The topological polar surface area (TPSA) is 124 Å². The van der Waals surface area contributed by atoms with Gasteiger partial charge in [-0.2, -0.15) is 0 Å². The third-order valence-corrected chi connectivity index (χ3v) is 4.60. The number of nitrogen functional groups attached to an aromatic ring is 1. The lowest BCUT2D eigenvalue weighted by molar-refractivity contribution is -0.215. The molecule has 4 atom stereocenters. The summed E-state index contributed by atoms with van der Waals surface area (Å²) in [5.74, 6) is 1.49. The molecule has 4 heterocycles. The van der Waals surface area contributed by atoms with Crippen LogP contribution >= 0.6 is 0 Å². The van der Waals surface area contributed by atoms with Crippen molar-refractivity contribution >= 4 is 23.0 Å². The van der Waals surface area contributed by atoms with Gasteiger partial charge in [0, 0.05) is 6.92 Å². The standard InChI is InChI=1S/C17H19N5O5/c1-5-17(6-24-9(2)23)12-11(25-16(3,4)26-12)15(27-17)22-8-21-10-13(18)19-7-20-14(10)22/h1,7-8,11-12,15H,6H2,2-4H3,(H2,18,19,20)/t11-,12+,15-,17-/m1/s1. The maximum Gasteiger partial charge on any atom is 0.302 e. The van der Waals surface area contributed by atoms with Crippen LogP contribution in [0, 0.1) is 12.3 Å². The summed E-state index contributed by atoms with van der Waals surface area (Å²) in [6.07, 6.45) is 6.72. The van der Waals surface area contributed by atoms with Crippen molar-refractivity contribution in [1.82, 2.24) is 19.5 Å². The van der Waals surface area contributed by atoms with Crippen molar-refractivity contribution in [3.63, 3.8) is 0 Å². The molecule has 142 valence electrons. The summed E-state index contributed by atoms with van der Waals surface area (Å²) < 4.78 is 25.0. The largest absolute Gasteiger partial charge is 0.462 e. The fourth-order valence-electron chi connectivity index (χ4n) is 3.46. The Morgan fingerprint density at radius 3 is 2.85 bits per heavy atom. The number of hydrogen-bond acceptors (Lipinski definition) is 9. The molecule has 2 fully saturated rings. The number of terminal acetylenes is 1. The molecule has 0 saturated carbocycles. The minimum absolute atomic E-state index is 0.167. The molecule has 0 aliphatic carbocycles. The van der Waals surface area contributed by atoms with Gasteiger partial charge in [0.05, 0.1) is 6.33 Å². The molecule has 0 aromatic carbocycles. The number of hydrogen-bond donors (Lipinski definition) is 1. The van der Waals surface area contributed by atoms with Gasteiger partial charge in [-0.05, 0) is 13.8 Å². The van der Waals surface area contributed by atoms with Crippen molar-refractivity contribution in [2.75, 3.05) is 12.3 Å². The van der Waals surface area contributed by atoms with Crippen molar-refractivity contribution < 1.29 is 23.7 Å². The Bertz CT molecular complexity index is 951. The third-order valence-electron chi connectivity index (χ3n) is 4.60. The zero-order valence-corrected chi connectivity index (χ0v) is 15.1. The minimum atomic E-state index is -1.32. The Kier molecular flexibility index (Phi) is 3.85. The van der Waals surface area contributed by atoms with Crippen LogP contribution in [0.4, 0.5) is 5.82 Å². The molecule has 4 rings (SSSR count). The van der Waals surface area contributed by atoms with E-state index in [0.717, 1.165) is 0 Å². The zero-order chi connectivity index (χ0) is 19.4. The van der Waals surface area contributed by atoms with Crippen LogP contribution in [0.2, 0.25) is 0 Å². The minimum Gasteiger partial charge on any atom is -0.462 e. The van der Waals surface area contributed by atoms with Gasteiger partial charge in [0.1, 0.15) is 30.7 Å². The highest BCUT2D eigenvalue weighted by molar-refractivity contribution is 5.81. The second kappa shape index (κ2) is 5.88. The van der Waals surface area contributed by atoms with E-state index in [9.17, 15) is 4.79 Å². The summed E-state index contributed by atoms with van der Waals surface area (Å²) in [6.45, 7) is 4.69. The molecule has 2 aromatic heterocycles. The van der Waals surface area contributed by atoms with Gasteiger partial charge in [-0.25, -0.2) is 15.0 Å². The molecule has 0 unspecified atom stereocenters. The SMILES string of the molecule is C#C[C@]1(COC(C)=O)O[C@@H](n2cnc3c(N)ncnc32)[C@@H]2OC(C)(C)O[C@@H]21. The average Bonchev–Trinajstić information content (AvgIpc) is 3.24. The number of esters is 1. The van der Waals surface area contributed by atoms with E-state index in [1.807, 2.05) is 0 Å². The van der Waals surface area contributed by atoms with Crippen LogP contribution < -0.4 is 5.73 Å². The fourth-order valence-corrected chi connectivity index (χ4v) is 3.46. The van der Waals surface area contributed by atoms with Gasteiger partial charge in [0.25, 0.3) is 0 Å². The van der Waals surface area contributed by atoms with E-state index in [1.165, 1.54) is 19.6 Å². The van der Waals surface area contributed by atoms with Crippen LogP contribution in [0.15, 0.2) is 12.7 Å². The second-order valence-electron chi connectivity index (χ2n) is 6.93. The lowest BCUT2D eigenvalue weighted by atomic mass is 9.97. The molecule has 0 radical (unpaired) electrons. The summed E-state index contributed by atoms with van der Waals surface area (Å²) >= 11 is 0. The molecule has 2 aliphatic rings. The Morgan fingerprint density at radius 1 is 1.37 bits per heavy atom. The first kappa shape index (κ1) is 17.7. The number of anilines is 1. The summed E-state index contributed by atoms with van der Waals surface area (Å²) in [4.78, 5) is 23.8. The van der Waals surface area contributed by atoms with Gasteiger partial charge in [-0.1, -0.05) is 5.92 Å². The number of rotatable bonds is 3. The first-order valence-corrected chi connectivity index (χ1v) is 8.34. The monoisotopic (exact) mass is 373 g/mol. The lowest BCUT2D eigenvalue weighted by Gasteiger charge is -2.30. The van der Waals surface area contributed by atoms with E-state index in [2.05, 4.69) is 20.9 Å². The van der Waals surface area contributed by atoms with Crippen LogP contribution in [0.1, 0.15) is 27.0 Å². The molecular weight excluding hydrogens is 354 g/mol. The molecule has 2 aromatic rings. The van der Waals surface area contributed by atoms with Crippen LogP contribution in [-0.4, -0.2) is 55.7 Å². The summed E-state index contributed by atoms with van der Waals surface area (Å²) in [6, 6.07) is 0. The highest BCUT2D eigenvalue weighted by Crippen LogP contribution is 2.48. The normalized spacial score (nSPS) is 31.6. The van der Waals surface area contributed by atoms with Crippen LogP contribution in [-0.2, 0) is 23.7 Å². The van der Waals surface area contributed by atoms with Crippen LogP contribution in [0.3, 0.4) is 0 Å². The maximum absolute atomic E-state index is 11.3. The van der Waals surface area contributed by atoms with Crippen LogP contribution in [0.5, 0.6) is 0 Å². The number of fused-ring (bicyclic) bond motifs is 2. The van der Waals surface area contributed by atoms with Gasteiger partial charge >= 0.3 is 5.97 Å². The fraction of sp³-hybridized carbons (Fsp3) is 0.529. The molecular formula is C17H19N5O5. The number of aromatic nitrogens is 4. The van der Waals surface area contributed by atoms with E-state index < -0.39 is 35.8 Å². The first-order chi connectivity index (χ1) is 12.8. The maximum atomic E-state index is 11.3.